The van der Waals surface area contributed by atoms with Crippen molar-refractivity contribution in [2.24, 2.45) is 9.98 Å². The zero-order chi connectivity index (χ0) is 26.5. The summed E-state index contributed by atoms with van der Waals surface area (Å²) < 4.78 is 0. The average Bonchev–Trinajstić information content (AvgIpc) is 2.87. The van der Waals surface area contributed by atoms with Crippen molar-refractivity contribution >= 4 is 47.0 Å². The molecule has 0 atom stereocenters. The maximum absolute atomic E-state index is 13.0. The molecule has 2 aliphatic rings. The summed E-state index contributed by atoms with van der Waals surface area (Å²) in [6.07, 6.45) is 3.97. The minimum Gasteiger partial charge on any atom is -0.371 e. The van der Waals surface area contributed by atoms with Crippen molar-refractivity contribution < 1.29 is 4.79 Å². The molecule has 8 heteroatoms. The van der Waals surface area contributed by atoms with E-state index >= 15 is 0 Å². The van der Waals surface area contributed by atoms with E-state index in [4.69, 9.17) is 11.6 Å². The summed E-state index contributed by atoms with van der Waals surface area (Å²) in [5.41, 5.74) is 6.13. The molecule has 0 aromatic heterocycles. The molecule has 37 heavy (non-hydrogen) atoms. The van der Waals surface area contributed by atoms with Crippen LogP contribution >= 0.6 is 11.6 Å². The van der Waals surface area contributed by atoms with E-state index in [0.29, 0.717) is 40.3 Å². The smallest absolute Gasteiger partial charge is 0.257 e. The molecule has 1 saturated heterocycles. The van der Waals surface area contributed by atoms with E-state index in [2.05, 4.69) is 76.4 Å². The van der Waals surface area contributed by atoms with Crippen molar-refractivity contribution in [1.82, 2.24) is 10.2 Å². The Morgan fingerprint density at radius 1 is 1.19 bits per heavy atom. The number of carbonyl (C=O) groups is 1. The molecular formula is C29H35ClN6O. The van der Waals surface area contributed by atoms with Crippen LogP contribution < -0.4 is 15.5 Å². The Balaban J connectivity index is 1.47. The minimum absolute atomic E-state index is 0.246. The summed E-state index contributed by atoms with van der Waals surface area (Å²) in [6, 6.07) is 14.4. The number of piperidine rings is 1. The second-order valence-corrected chi connectivity index (χ2v) is 10.1. The predicted molar refractivity (Wildman–Crippen MR) is 156 cm³/mol. The fourth-order valence-corrected chi connectivity index (χ4v) is 5.27. The topological polar surface area (TPSA) is 72.3 Å². The number of amides is 1. The van der Waals surface area contributed by atoms with Gasteiger partial charge in [-0.25, -0.2) is 4.99 Å². The lowest BCUT2D eigenvalue weighted by molar-refractivity contribution is -0.114. The van der Waals surface area contributed by atoms with Crippen LogP contribution in [0.3, 0.4) is 0 Å². The van der Waals surface area contributed by atoms with E-state index in [9.17, 15) is 4.79 Å². The summed E-state index contributed by atoms with van der Waals surface area (Å²) in [5, 5.41) is 6.78. The van der Waals surface area contributed by atoms with Crippen LogP contribution in [-0.4, -0.2) is 63.3 Å². The van der Waals surface area contributed by atoms with Crippen molar-refractivity contribution in [2.75, 3.05) is 44.1 Å². The lowest BCUT2D eigenvalue weighted by Gasteiger charge is -2.37. The first-order valence-corrected chi connectivity index (χ1v) is 12.9. The van der Waals surface area contributed by atoms with Crippen molar-refractivity contribution in [3.05, 3.63) is 76.0 Å². The minimum atomic E-state index is -0.246. The number of nitrogens with zero attached hydrogens (tertiary/aromatic N) is 4. The van der Waals surface area contributed by atoms with E-state index in [0.717, 1.165) is 24.4 Å². The van der Waals surface area contributed by atoms with Crippen molar-refractivity contribution in [3.63, 3.8) is 0 Å². The van der Waals surface area contributed by atoms with Gasteiger partial charge in [0.15, 0.2) is 0 Å². The summed E-state index contributed by atoms with van der Waals surface area (Å²) in [7, 11) is 4.33. The molecule has 0 unspecified atom stereocenters. The molecular weight excluding hydrogens is 484 g/mol. The summed E-state index contributed by atoms with van der Waals surface area (Å²) in [4.78, 5) is 26.4. The van der Waals surface area contributed by atoms with Crippen LogP contribution in [0.1, 0.15) is 30.9 Å². The fraction of sp³-hybridized carbons (Fsp3) is 0.345. The molecule has 7 nitrogen and oxygen atoms in total. The molecule has 0 bridgehead atoms. The molecule has 4 rings (SSSR count). The van der Waals surface area contributed by atoms with Crippen LogP contribution in [0.4, 0.5) is 11.4 Å². The van der Waals surface area contributed by atoms with Gasteiger partial charge in [-0.3, -0.25) is 9.79 Å². The highest BCUT2D eigenvalue weighted by molar-refractivity contribution is 6.38. The predicted octanol–water partition coefficient (Wildman–Crippen LogP) is 5.13. The Morgan fingerprint density at radius 3 is 2.57 bits per heavy atom. The third-order valence-corrected chi connectivity index (χ3v) is 7.44. The van der Waals surface area contributed by atoms with E-state index in [1.165, 1.54) is 24.1 Å². The zero-order valence-electron chi connectivity index (χ0n) is 22.0. The average molecular weight is 519 g/mol. The molecule has 2 heterocycles. The quantitative estimate of drug-likeness (QED) is 0.498. The molecule has 2 N–H and O–H groups in total. The number of nitrogens with one attached hydrogen (secondary N) is 2. The molecule has 2 aromatic carbocycles. The number of rotatable bonds is 7. The SMILES string of the molecule is C=N/C=C1/C(C)=C(c2ccccc2Cl)C(=O)N/C1=N/CNc1ccc(N2CCC(N(C)C)CC2)c(C)c1. The van der Waals surface area contributed by atoms with Crippen molar-refractivity contribution in [2.45, 2.75) is 32.7 Å². The normalized spacial score (nSPS) is 19.1. The van der Waals surface area contributed by atoms with Gasteiger partial charge >= 0.3 is 0 Å². The largest absolute Gasteiger partial charge is 0.371 e. The van der Waals surface area contributed by atoms with Gasteiger partial charge in [-0.1, -0.05) is 29.8 Å². The Morgan fingerprint density at radius 2 is 1.92 bits per heavy atom. The van der Waals surface area contributed by atoms with Gasteiger partial charge < -0.3 is 20.4 Å². The number of aliphatic imine (C=N–C) groups is 2. The molecule has 0 saturated carbocycles. The monoisotopic (exact) mass is 518 g/mol. The summed E-state index contributed by atoms with van der Waals surface area (Å²) in [6.45, 7) is 10.0. The molecule has 1 amide bonds. The second-order valence-electron chi connectivity index (χ2n) is 9.68. The third-order valence-electron chi connectivity index (χ3n) is 7.11. The number of anilines is 2. The molecule has 2 aromatic rings. The molecule has 0 radical (unpaired) electrons. The summed E-state index contributed by atoms with van der Waals surface area (Å²) >= 11 is 6.38. The first-order valence-electron chi connectivity index (χ1n) is 12.5. The lowest BCUT2D eigenvalue weighted by atomic mass is 9.91. The van der Waals surface area contributed by atoms with E-state index in [-0.39, 0.29) is 5.91 Å². The van der Waals surface area contributed by atoms with Gasteiger partial charge in [-0.2, -0.15) is 0 Å². The number of amidine groups is 1. The van der Waals surface area contributed by atoms with E-state index in [1.54, 1.807) is 12.3 Å². The molecule has 194 valence electrons. The number of hydrogen-bond acceptors (Lipinski definition) is 6. The van der Waals surface area contributed by atoms with Gasteiger partial charge in [0, 0.05) is 52.9 Å². The van der Waals surface area contributed by atoms with Crippen LogP contribution in [0.25, 0.3) is 5.57 Å². The first kappa shape index (κ1) is 26.6. The van der Waals surface area contributed by atoms with Crippen LogP contribution in [0, 0.1) is 6.92 Å². The van der Waals surface area contributed by atoms with E-state index < -0.39 is 0 Å². The third kappa shape index (κ3) is 5.95. The maximum atomic E-state index is 13.0. The van der Waals surface area contributed by atoms with Crippen LogP contribution in [0.2, 0.25) is 5.02 Å². The van der Waals surface area contributed by atoms with Gasteiger partial charge in [0.2, 0.25) is 0 Å². The summed E-state index contributed by atoms with van der Waals surface area (Å²) in [5.74, 6) is 0.208. The van der Waals surface area contributed by atoms with Gasteiger partial charge in [0.1, 0.15) is 12.5 Å². The molecule has 1 fully saturated rings. The lowest BCUT2D eigenvalue weighted by Crippen LogP contribution is -2.42. The number of halogens is 1. The highest BCUT2D eigenvalue weighted by Gasteiger charge is 2.28. The molecule has 2 aliphatic heterocycles. The van der Waals surface area contributed by atoms with Gasteiger partial charge in [-0.15, -0.1) is 0 Å². The van der Waals surface area contributed by atoms with Crippen LogP contribution in [0.15, 0.2) is 69.8 Å². The number of benzene rings is 2. The second kappa shape index (κ2) is 11.8. The zero-order valence-corrected chi connectivity index (χ0v) is 22.8. The first-order chi connectivity index (χ1) is 17.8. The molecule has 0 spiro atoms. The Labute approximate surface area is 224 Å². The van der Waals surface area contributed by atoms with E-state index in [1.807, 2.05) is 25.1 Å². The number of carbonyl (C=O) groups excluding carboxylic acids is 1. The highest BCUT2D eigenvalue weighted by atomic mass is 35.5. The van der Waals surface area contributed by atoms with Crippen LogP contribution in [0.5, 0.6) is 0 Å². The molecule has 0 aliphatic carbocycles. The van der Waals surface area contributed by atoms with Gasteiger partial charge in [0.25, 0.3) is 5.91 Å². The van der Waals surface area contributed by atoms with Crippen molar-refractivity contribution in [1.29, 1.82) is 0 Å². The van der Waals surface area contributed by atoms with Crippen LogP contribution in [-0.2, 0) is 4.79 Å². The Hall–Kier alpha value is -3.42. The highest BCUT2D eigenvalue weighted by Crippen LogP contribution is 2.32. The Bertz CT molecular complexity index is 1270. The van der Waals surface area contributed by atoms with Crippen molar-refractivity contribution in [3.8, 4) is 0 Å². The van der Waals surface area contributed by atoms with Gasteiger partial charge in [-0.05, 0) is 82.9 Å². The maximum Gasteiger partial charge on any atom is 0.257 e. The number of hydrogen-bond donors (Lipinski definition) is 2. The Kier molecular flexibility index (Phi) is 8.46. The number of aryl methyl sites for hydroxylation is 1. The standard InChI is InChI=1S/C29H35ClN6O/c1-19-16-21(10-11-26(19)36-14-12-22(13-15-36)35(4)5)32-18-33-28-24(17-31-3)20(2)27(29(37)34-28)23-8-6-7-9-25(23)30/h6-11,16-17,22,32H,3,12-15,18H2,1-2,4-5H3,(H,33,34,37)/b24-17-. The van der Waals surface area contributed by atoms with Gasteiger partial charge in [0.05, 0.1) is 5.57 Å². The fourth-order valence-electron chi connectivity index (χ4n) is 5.04.